The number of hydrogen-bond donors (Lipinski definition) is 0. The third kappa shape index (κ3) is 4.78. The van der Waals surface area contributed by atoms with Crippen molar-refractivity contribution in [3.63, 3.8) is 0 Å². The number of piperidine rings is 2. The Kier molecular flexibility index (Phi) is 5.98. The zero-order valence-corrected chi connectivity index (χ0v) is 21.7. The molecule has 4 heterocycles. The summed E-state index contributed by atoms with van der Waals surface area (Å²) in [5.74, 6) is 0.598. The molecule has 0 N–H and O–H groups in total. The maximum Gasteiger partial charge on any atom is 0.175 e. The van der Waals surface area contributed by atoms with Crippen molar-refractivity contribution in [1.29, 1.82) is 0 Å². The lowest BCUT2D eigenvalue weighted by Crippen LogP contribution is -2.47. The molecule has 3 fully saturated rings. The van der Waals surface area contributed by atoms with Crippen LogP contribution in [0.5, 0.6) is 0 Å². The largest absolute Gasteiger partial charge is 0.306 e. The summed E-state index contributed by atoms with van der Waals surface area (Å²) < 4.78 is 25.7. The second kappa shape index (κ2) is 9.02. The van der Waals surface area contributed by atoms with E-state index in [0.717, 1.165) is 29.0 Å². The average Bonchev–Trinajstić information content (AvgIpc) is 3.62. The molecule has 1 aliphatic carbocycles. The van der Waals surface area contributed by atoms with Gasteiger partial charge in [-0.15, -0.1) is 0 Å². The molecule has 186 valence electrons. The molecular formula is C28H36N4O2S. The Labute approximate surface area is 208 Å². The van der Waals surface area contributed by atoms with Gasteiger partial charge in [-0.3, -0.25) is 0 Å². The van der Waals surface area contributed by atoms with E-state index >= 15 is 0 Å². The Bertz CT molecular complexity index is 1310. The topological polar surface area (TPSA) is 57.9 Å². The van der Waals surface area contributed by atoms with Gasteiger partial charge in [-0.05, 0) is 101 Å². The Hall–Kier alpha value is -2.22. The van der Waals surface area contributed by atoms with Crippen LogP contribution < -0.4 is 0 Å². The summed E-state index contributed by atoms with van der Waals surface area (Å²) in [6, 6.07) is 11.0. The number of aryl methyl sites for hydroxylation is 1. The van der Waals surface area contributed by atoms with Gasteiger partial charge in [-0.2, -0.15) is 0 Å². The van der Waals surface area contributed by atoms with Crippen LogP contribution >= 0.6 is 0 Å². The first-order chi connectivity index (χ1) is 16.8. The number of pyridine rings is 1. The number of aromatic nitrogens is 2. The number of hydrogen-bond acceptors (Lipinski definition) is 5. The van der Waals surface area contributed by atoms with Crippen molar-refractivity contribution < 1.29 is 8.42 Å². The molecule has 1 aromatic carbocycles. The van der Waals surface area contributed by atoms with Gasteiger partial charge < -0.3 is 14.2 Å². The third-order valence-electron chi connectivity index (χ3n) is 8.41. The van der Waals surface area contributed by atoms with Crippen LogP contribution in [0.2, 0.25) is 0 Å². The summed E-state index contributed by atoms with van der Waals surface area (Å²) in [6.45, 7) is 7.15. The van der Waals surface area contributed by atoms with E-state index < -0.39 is 9.84 Å². The number of imidazole rings is 1. The van der Waals surface area contributed by atoms with Crippen LogP contribution in [0.3, 0.4) is 0 Å². The fourth-order valence-electron chi connectivity index (χ4n) is 6.19. The number of fused-ring (bicyclic) bond motifs is 1. The fraction of sp³-hybridized carbons (Fsp3) is 0.536. The number of benzene rings is 1. The molecule has 6 rings (SSSR count). The maximum absolute atomic E-state index is 11.8. The summed E-state index contributed by atoms with van der Waals surface area (Å²) in [6.07, 6.45) is 13.6. The summed E-state index contributed by atoms with van der Waals surface area (Å²) >= 11 is 0. The molecule has 0 spiro atoms. The highest BCUT2D eigenvalue weighted by atomic mass is 32.2. The molecule has 3 aliphatic rings. The molecule has 0 bridgehead atoms. The Balaban J connectivity index is 1.14. The van der Waals surface area contributed by atoms with Crippen LogP contribution in [0, 0.1) is 6.92 Å². The van der Waals surface area contributed by atoms with Crippen molar-refractivity contribution in [3.8, 4) is 11.3 Å². The van der Waals surface area contributed by atoms with Crippen LogP contribution in [0.4, 0.5) is 0 Å². The second-order valence-corrected chi connectivity index (χ2v) is 12.9. The summed E-state index contributed by atoms with van der Waals surface area (Å²) in [5, 5.41) is 0. The minimum Gasteiger partial charge on any atom is -0.306 e. The van der Waals surface area contributed by atoms with Crippen molar-refractivity contribution >= 4 is 15.5 Å². The van der Waals surface area contributed by atoms with Gasteiger partial charge in [-0.25, -0.2) is 13.4 Å². The monoisotopic (exact) mass is 492 g/mol. The van der Waals surface area contributed by atoms with E-state index in [9.17, 15) is 8.42 Å². The number of rotatable bonds is 5. The van der Waals surface area contributed by atoms with Gasteiger partial charge in [0, 0.05) is 36.3 Å². The highest BCUT2D eigenvalue weighted by Crippen LogP contribution is 2.34. The van der Waals surface area contributed by atoms with Crippen molar-refractivity contribution in [2.24, 2.45) is 0 Å². The predicted molar refractivity (Wildman–Crippen MR) is 140 cm³/mol. The second-order valence-electron chi connectivity index (χ2n) is 10.9. The van der Waals surface area contributed by atoms with Crippen molar-refractivity contribution in [3.05, 3.63) is 53.9 Å². The molecule has 0 radical (unpaired) electrons. The van der Waals surface area contributed by atoms with Crippen LogP contribution in [0.15, 0.2) is 47.6 Å². The predicted octanol–water partition coefficient (Wildman–Crippen LogP) is 4.52. The lowest BCUT2D eigenvalue weighted by Gasteiger charge is -2.42. The van der Waals surface area contributed by atoms with Gasteiger partial charge in [0.15, 0.2) is 9.84 Å². The normalized spacial score (nSPS) is 21.7. The molecule has 2 saturated heterocycles. The Morgan fingerprint density at radius 3 is 2.03 bits per heavy atom. The minimum atomic E-state index is -3.20. The molecule has 35 heavy (non-hydrogen) atoms. The highest BCUT2D eigenvalue weighted by molar-refractivity contribution is 7.90. The van der Waals surface area contributed by atoms with Crippen LogP contribution in [0.1, 0.15) is 55.6 Å². The Morgan fingerprint density at radius 2 is 1.43 bits per heavy atom. The van der Waals surface area contributed by atoms with Crippen LogP contribution in [-0.4, -0.2) is 72.1 Å². The SMILES string of the molecule is Cc1cc(C2CCN(C3CCN(C4CC4)CC3)CC2)cn2cc(-c3ccc(S(C)(=O)=O)cc3)nc12. The van der Waals surface area contributed by atoms with E-state index in [-0.39, 0.29) is 0 Å². The average molecular weight is 493 g/mol. The first kappa shape index (κ1) is 23.2. The molecular weight excluding hydrogens is 456 g/mol. The van der Waals surface area contributed by atoms with Gasteiger partial charge in [0.2, 0.25) is 0 Å². The van der Waals surface area contributed by atoms with E-state index in [1.165, 1.54) is 82.1 Å². The first-order valence-corrected chi connectivity index (χ1v) is 15.0. The molecule has 2 aliphatic heterocycles. The summed E-state index contributed by atoms with van der Waals surface area (Å²) in [7, 11) is -3.20. The standard InChI is InChI=1S/C28H36N4O2S/c1-20-17-23(21-9-13-30(14-10-21)25-11-15-31(16-12-25)24-5-6-24)18-32-19-27(29-28(20)32)22-3-7-26(8-4-22)35(2,33)34/h3-4,7-8,17-19,21,24-25H,5-6,9-16H2,1-2H3. The molecule has 2 aromatic heterocycles. The van der Waals surface area contributed by atoms with E-state index in [1.807, 2.05) is 12.1 Å². The molecule has 6 nitrogen and oxygen atoms in total. The molecule has 1 saturated carbocycles. The molecule has 3 aromatic rings. The van der Waals surface area contributed by atoms with Crippen LogP contribution in [-0.2, 0) is 9.84 Å². The number of likely N-dealkylation sites (tertiary alicyclic amines) is 2. The van der Waals surface area contributed by atoms with Gasteiger partial charge in [0.25, 0.3) is 0 Å². The lowest BCUT2D eigenvalue weighted by atomic mass is 9.88. The number of nitrogens with zero attached hydrogens (tertiary/aromatic N) is 4. The fourth-order valence-corrected chi connectivity index (χ4v) is 6.82. The smallest absolute Gasteiger partial charge is 0.175 e. The van der Waals surface area contributed by atoms with Gasteiger partial charge >= 0.3 is 0 Å². The summed E-state index contributed by atoms with van der Waals surface area (Å²) in [4.78, 5) is 10.7. The van der Waals surface area contributed by atoms with E-state index in [2.05, 4.69) is 39.6 Å². The zero-order chi connectivity index (χ0) is 24.2. The van der Waals surface area contributed by atoms with E-state index in [1.54, 1.807) is 12.1 Å². The molecule has 0 unspecified atom stereocenters. The molecule has 7 heteroatoms. The van der Waals surface area contributed by atoms with E-state index in [4.69, 9.17) is 4.98 Å². The van der Waals surface area contributed by atoms with Crippen molar-refractivity contribution in [2.75, 3.05) is 32.4 Å². The lowest BCUT2D eigenvalue weighted by molar-refractivity contribution is 0.0843. The quantitative estimate of drug-likeness (QED) is 0.524. The van der Waals surface area contributed by atoms with Crippen molar-refractivity contribution in [1.82, 2.24) is 19.2 Å². The van der Waals surface area contributed by atoms with Gasteiger partial charge in [0.05, 0.1) is 10.6 Å². The maximum atomic E-state index is 11.8. The van der Waals surface area contributed by atoms with Crippen molar-refractivity contribution in [2.45, 2.75) is 68.3 Å². The Morgan fingerprint density at radius 1 is 0.829 bits per heavy atom. The van der Waals surface area contributed by atoms with Crippen LogP contribution in [0.25, 0.3) is 16.9 Å². The first-order valence-electron chi connectivity index (χ1n) is 13.1. The molecule has 0 atom stereocenters. The van der Waals surface area contributed by atoms with E-state index in [0.29, 0.717) is 10.8 Å². The summed E-state index contributed by atoms with van der Waals surface area (Å²) in [5.41, 5.74) is 5.38. The zero-order valence-electron chi connectivity index (χ0n) is 20.9. The molecule has 0 amide bonds. The third-order valence-corrected chi connectivity index (χ3v) is 9.54. The highest BCUT2D eigenvalue weighted by Gasteiger charge is 2.34. The van der Waals surface area contributed by atoms with Gasteiger partial charge in [0.1, 0.15) is 5.65 Å². The van der Waals surface area contributed by atoms with Gasteiger partial charge in [-0.1, -0.05) is 18.2 Å². The number of sulfone groups is 1. The minimum absolute atomic E-state index is 0.336.